The van der Waals surface area contributed by atoms with Crippen molar-refractivity contribution in [2.75, 3.05) is 19.7 Å². The number of halogens is 1. The SMILES string of the molecule is CCN(CCC#N)C(=O)c1ccc(F)cc1C#CCO. The molecule has 0 radical (unpaired) electrons. The summed E-state index contributed by atoms with van der Waals surface area (Å²) in [6.07, 6.45) is 0.235. The Morgan fingerprint density at radius 2 is 2.25 bits per heavy atom. The van der Waals surface area contributed by atoms with Crippen molar-refractivity contribution in [3.05, 3.63) is 35.1 Å². The van der Waals surface area contributed by atoms with E-state index in [1.165, 1.54) is 17.0 Å². The van der Waals surface area contributed by atoms with Crippen molar-refractivity contribution >= 4 is 5.91 Å². The Labute approximate surface area is 117 Å². The van der Waals surface area contributed by atoms with Crippen LogP contribution in [0.25, 0.3) is 0 Å². The van der Waals surface area contributed by atoms with Crippen LogP contribution in [0.1, 0.15) is 29.3 Å². The van der Waals surface area contributed by atoms with Gasteiger partial charge in [0.2, 0.25) is 0 Å². The van der Waals surface area contributed by atoms with Crippen LogP contribution in [0.3, 0.4) is 0 Å². The second-order valence-electron chi connectivity index (χ2n) is 3.94. The zero-order valence-corrected chi connectivity index (χ0v) is 11.2. The summed E-state index contributed by atoms with van der Waals surface area (Å²) in [5.41, 5.74) is 0.506. The molecule has 0 fully saturated rings. The van der Waals surface area contributed by atoms with E-state index in [4.69, 9.17) is 10.4 Å². The number of nitriles is 1. The second-order valence-corrected chi connectivity index (χ2v) is 3.94. The molecule has 1 N–H and O–H groups in total. The fourth-order valence-corrected chi connectivity index (χ4v) is 1.70. The van der Waals surface area contributed by atoms with Gasteiger partial charge in [-0.3, -0.25) is 4.79 Å². The Kier molecular flexibility index (Phi) is 6.22. The Morgan fingerprint density at radius 1 is 1.50 bits per heavy atom. The number of rotatable bonds is 4. The van der Waals surface area contributed by atoms with Gasteiger partial charge in [0.1, 0.15) is 12.4 Å². The number of carbonyl (C=O) groups excluding carboxylic acids is 1. The quantitative estimate of drug-likeness (QED) is 0.847. The number of nitrogens with zero attached hydrogens (tertiary/aromatic N) is 2. The third kappa shape index (κ3) is 4.08. The van der Waals surface area contributed by atoms with Crippen LogP contribution in [-0.2, 0) is 0 Å². The highest BCUT2D eigenvalue weighted by Gasteiger charge is 2.17. The van der Waals surface area contributed by atoms with Crippen LogP contribution < -0.4 is 0 Å². The number of benzene rings is 1. The Bertz CT molecular complexity index is 582. The van der Waals surface area contributed by atoms with Gasteiger partial charge in [-0.25, -0.2) is 4.39 Å². The number of carbonyl (C=O) groups is 1. The summed E-state index contributed by atoms with van der Waals surface area (Å²) >= 11 is 0. The molecule has 1 aromatic carbocycles. The van der Waals surface area contributed by atoms with Crippen LogP contribution in [0.2, 0.25) is 0 Å². The van der Waals surface area contributed by atoms with Crippen molar-refractivity contribution < 1.29 is 14.3 Å². The van der Waals surface area contributed by atoms with Gasteiger partial charge in [-0.15, -0.1) is 0 Å². The van der Waals surface area contributed by atoms with E-state index in [-0.39, 0.29) is 30.1 Å². The van der Waals surface area contributed by atoms with Crippen LogP contribution in [0.15, 0.2) is 18.2 Å². The van der Waals surface area contributed by atoms with Crippen molar-refractivity contribution in [2.24, 2.45) is 0 Å². The minimum absolute atomic E-state index is 0.235. The van der Waals surface area contributed by atoms with Gasteiger partial charge in [0.15, 0.2) is 0 Å². The summed E-state index contributed by atoms with van der Waals surface area (Å²) in [6, 6.07) is 5.70. The van der Waals surface area contributed by atoms with Gasteiger partial charge in [0.05, 0.1) is 18.1 Å². The Hall–Kier alpha value is -2.37. The smallest absolute Gasteiger partial charge is 0.255 e. The third-order valence-corrected chi connectivity index (χ3v) is 2.68. The molecular formula is C15H15FN2O2. The highest BCUT2D eigenvalue weighted by Crippen LogP contribution is 2.13. The minimum Gasteiger partial charge on any atom is -0.384 e. The maximum Gasteiger partial charge on any atom is 0.255 e. The molecule has 1 rings (SSSR count). The summed E-state index contributed by atoms with van der Waals surface area (Å²) in [7, 11) is 0. The maximum absolute atomic E-state index is 13.2. The third-order valence-electron chi connectivity index (χ3n) is 2.68. The predicted molar refractivity (Wildman–Crippen MR) is 72.2 cm³/mol. The molecule has 20 heavy (non-hydrogen) atoms. The Balaban J connectivity index is 3.11. The van der Waals surface area contributed by atoms with Crippen molar-refractivity contribution in [3.8, 4) is 17.9 Å². The molecule has 0 aromatic heterocycles. The summed E-state index contributed by atoms with van der Waals surface area (Å²) in [5.74, 6) is 4.17. The molecule has 5 heteroatoms. The predicted octanol–water partition coefficient (Wildman–Crippen LogP) is 1.55. The molecular weight excluding hydrogens is 259 g/mol. The average molecular weight is 274 g/mol. The van der Waals surface area contributed by atoms with Gasteiger partial charge in [-0.2, -0.15) is 5.26 Å². The zero-order valence-electron chi connectivity index (χ0n) is 11.2. The molecule has 1 amide bonds. The molecule has 0 bridgehead atoms. The summed E-state index contributed by atoms with van der Waals surface area (Å²) in [4.78, 5) is 13.8. The lowest BCUT2D eigenvalue weighted by molar-refractivity contribution is 0.0767. The second kappa shape index (κ2) is 7.93. The number of hydrogen-bond donors (Lipinski definition) is 1. The topological polar surface area (TPSA) is 64.3 Å². The van der Waals surface area contributed by atoms with Crippen LogP contribution in [0.4, 0.5) is 4.39 Å². The van der Waals surface area contributed by atoms with E-state index in [0.717, 1.165) is 6.07 Å². The van der Waals surface area contributed by atoms with Gasteiger partial charge in [-0.1, -0.05) is 11.8 Å². The van der Waals surface area contributed by atoms with Gasteiger partial charge < -0.3 is 10.0 Å². The van der Waals surface area contributed by atoms with Crippen LogP contribution >= 0.6 is 0 Å². The van der Waals surface area contributed by atoms with E-state index in [1.54, 1.807) is 6.92 Å². The summed E-state index contributed by atoms with van der Waals surface area (Å²) in [5, 5.41) is 17.3. The first kappa shape index (κ1) is 15.7. The first-order chi connectivity index (χ1) is 9.63. The van der Waals surface area contributed by atoms with E-state index in [0.29, 0.717) is 13.1 Å². The van der Waals surface area contributed by atoms with Crippen LogP contribution in [-0.4, -0.2) is 35.6 Å². The van der Waals surface area contributed by atoms with E-state index >= 15 is 0 Å². The first-order valence-electron chi connectivity index (χ1n) is 6.19. The molecule has 0 aliphatic rings. The fourth-order valence-electron chi connectivity index (χ4n) is 1.70. The van der Waals surface area contributed by atoms with Gasteiger partial charge in [0, 0.05) is 18.7 Å². The largest absolute Gasteiger partial charge is 0.384 e. The maximum atomic E-state index is 13.2. The Morgan fingerprint density at radius 3 is 2.85 bits per heavy atom. The molecule has 4 nitrogen and oxygen atoms in total. The average Bonchev–Trinajstić information content (AvgIpc) is 2.45. The molecule has 104 valence electrons. The molecule has 0 heterocycles. The molecule has 1 aromatic rings. The fraction of sp³-hybridized carbons (Fsp3) is 0.333. The highest BCUT2D eigenvalue weighted by atomic mass is 19.1. The van der Waals surface area contributed by atoms with E-state index < -0.39 is 5.82 Å². The molecule has 0 aliphatic heterocycles. The molecule has 0 unspecified atom stereocenters. The molecule has 0 spiro atoms. The summed E-state index contributed by atoms with van der Waals surface area (Å²) in [6.45, 7) is 2.20. The summed E-state index contributed by atoms with van der Waals surface area (Å²) < 4.78 is 13.2. The number of aliphatic hydroxyl groups excluding tert-OH is 1. The standard InChI is InChI=1S/C15H15FN2O2/c1-2-18(9-4-8-17)15(20)14-7-6-13(16)11-12(14)5-3-10-19/h6-7,11,19H,2,4,9-10H2,1H3. The lowest BCUT2D eigenvalue weighted by atomic mass is 10.1. The molecule has 0 saturated carbocycles. The van der Waals surface area contributed by atoms with Gasteiger partial charge in [-0.05, 0) is 25.1 Å². The number of amides is 1. The van der Waals surface area contributed by atoms with Crippen molar-refractivity contribution in [2.45, 2.75) is 13.3 Å². The first-order valence-corrected chi connectivity index (χ1v) is 6.19. The van der Waals surface area contributed by atoms with Gasteiger partial charge >= 0.3 is 0 Å². The minimum atomic E-state index is -0.496. The van der Waals surface area contributed by atoms with Crippen molar-refractivity contribution in [3.63, 3.8) is 0 Å². The molecule has 0 saturated heterocycles. The molecule has 0 aliphatic carbocycles. The zero-order chi connectivity index (χ0) is 15.0. The number of aliphatic hydroxyl groups is 1. The monoisotopic (exact) mass is 274 g/mol. The highest BCUT2D eigenvalue weighted by molar-refractivity contribution is 5.96. The normalized spacial score (nSPS) is 9.30. The van der Waals surface area contributed by atoms with Gasteiger partial charge in [0.25, 0.3) is 5.91 Å². The van der Waals surface area contributed by atoms with E-state index in [2.05, 4.69) is 11.8 Å². The van der Waals surface area contributed by atoms with Crippen molar-refractivity contribution in [1.82, 2.24) is 4.90 Å². The van der Waals surface area contributed by atoms with Crippen LogP contribution in [0, 0.1) is 29.0 Å². The van der Waals surface area contributed by atoms with Crippen LogP contribution in [0.5, 0.6) is 0 Å². The molecule has 0 atom stereocenters. The van der Waals surface area contributed by atoms with E-state index in [1.807, 2.05) is 6.07 Å². The number of hydrogen-bond acceptors (Lipinski definition) is 3. The lowest BCUT2D eigenvalue weighted by Gasteiger charge is -2.20. The van der Waals surface area contributed by atoms with Crippen molar-refractivity contribution in [1.29, 1.82) is 5.26 Å². The lowest BCUT2D eigenvalue weighted by Crippen LogP contribution is -2.32. The van der Waals surface area contributed by atoms with E-state index in [9.17, 15) is 9.18 Å².